The normalized spacial score (nSPS) is 10.8. The summed E-state index contributed by atoms with van der Waals surface area (Å²) in [6.45, 7) is 2.01. The summed E-state index contributed by atoms with van der Waals surface area (Å²) in [4.78, 5) is 13.1. The number of anilines is 3. The maximum atomic E-state index is 5.99. The van der Waals surface area contributed by atoms with Crippen molar-refractivity contribution in [2.24, 2.45) is 0 Å². The Labute approximate surface area is 212 Å². The highest BCUT2D eigenvalue weighted by atomic mass is 32.2. The molecule has 3 aromatic carbocycles. The van der Waals surface area contributed by atoms with Crippen molar-refractivity contribution in [2.45, 2.75) is 17.8 Å². The van der Waals surface area contributed by atoms with Crippen molar-refractivity contribution in [3.63, 3.8) is 0 Å². The standard InChI is InChI=1S/C26H24N8OS/c1-17-10-6-8-14-20(17)28-25-30-22(29-24(27)31-25)16-36-26-33-32-23(19-13-7-9-15-21(19)35-2)34(26)18-11-4-3-5-12-18/h3-15H,16H2,1-2H3,(H3,27,28,29,30,31). The van der Waals surface area contributed by atoms with Crippen LogP contribution in [0.15, 0.2) is 84.0 Å². The molecule has 0 bridgehead atoms. The molecule has 0 fully saturated rings. The number of hydrogen-bond acceptors (Lipinski definition) is 9. The highest BCUT2D eigenvalue weighted by Crippen LogP contribution is 2.34. The van der Waals surface area contributed by atoms with E-state index in [-0.39, 0.29) is 5.95 Å². The molecule has 36 heavy (non-hydrogen) atoms. The van der Waals surface area contributed by atoms with Crippen LogP contribution in [0.1, 0.15) is 11.4 Å². The summed E-state index contributed by atoms with van der Waals surface area (Å²) < 4.78 is 7.58. The lowest BCUT2D eigenvalue weighted by Gasteiger charge is -2.12. The van der Waals surface area contributed by atoms with Gasteiger partial charge in [0.2, 0.25) is 11.9 Å². The second-order valence-electron chi connectivity index (χ2n) is 7.84. The van der Waals surface area contributed by atoms with E-state index in [9.17, 15) is 0 Å². The van der Waals surface area contributed by atoms with E-state index in [1.807, 2.05) is 90.4 Å². The minimum atomic E-state index is 0.149. The van der Waals surface area contributed by atoms with Gasteiger partial charge in [0.15, 0.2) is 11.0 Å². The van der Waals surface area contributed by atoms with Gasteiger partial charge in [0, 0.05) is 11.4 Å². The van der Waals surface area contributed by atoms with E-state index >= 15 is 0 Å². The van der Waals surface area contributed by atoms with Crippen molar-refractivity contribution in [2.75, 3.05) is 18.2 Å². The number of aryl methyl sites for hydroxylation is 1. The zero-order valence-electron chi connectivity index (χ0n) is 19.8. The van der Waals surface area contributed by atoms with E-state index < -0.39 is 0 Å². The van der Waals surface area contributed by atoms with Crippen LogP contribution in [-0.4, -0.2) is 36.8 Å². The van der Waals surface area contributed by atoms with Gasteiger partial charge in [-0.15, -0.1) is 10.2 Å². The van der Waals surface area contributed by atoms with E-state index in [0.717, 1.165) is 28.3 Å². The average Bonchev–Trinajstić information content (AvgIpc) is 3.33. The third-order valence-electron chi connectivity index (χ3n) is 5.42. The summed E-state index contributed by atoms with van der Waals surface area (Å²) in [5.41, 5.74) is 9.76. The molecular formula is C26H24N8OS. The Hall–Kier alpha value is -4.44. The number of nitrogens with zero attached hydrogens (tertiary/aromatic N) is 6. The zero-order chi connectivity index (χ0) is 24.9. The topological polar surface area (TPSA) is 117 Å². The predicted octanol–water partition coefficient (Wildman–Crippen LogP) is 5.05. The fourth-order valence-electron chi connectivity index (χ4n) is 3.70. The molecule has 3 N–H and O–H groups in total. The third kappa shape index (κ3) is 4.98. The molecule has 0 aliphatic heterocycles. The molecule has 0 aliphatic rings. The van der Waals surface area contributed by atoms with Gasteiger partial charge < -0.3 is 15.8 Å². The Kier molecular flexibility index (Phi) is 6.76. The fraction of sp³-hybridized carbons (Fsp3) is 0.115. The highest BCUT2D eigenvalue weighted by molar-refractivity contribution is 7.98. The van der Waals surface area contributed by atoms with Crippen molar-refractivity contribution < 1.29 is 4.74 Å². The lowest BCUT2D eigenvalue weighted by atomic mass is 10.2. The van der Waals surface area contributed by atoms with E-state index in [1.165, 1.54) is 11.8 Å². The van der Waals surface area contributed by atoms with Crippen molar-refractivity contribution in [3.8, 4) is 22.8 Å². The van der Waals surface area contributed by atoms with Gasteiger partial charge in [-0.25, -0.2) is 0 Å². The number of para-hydroxylation sites is 3. The molecule has 10 heteroatoms. The van der Waals surface area contributed by atoms with Crippen molar-refractivity contribution in [1.82, 2.24) is 29.7 Å². The van der Waals surface area contributed by atoms with E-state index in [1.54, 1.807) is 7.11 Å². The van der Waals surface area contributed by atoms with Crippen LogP contribution in [0.5, 0.6) is 5.75 Å². The molecule has 180 valence electrons. The molecule has 2 aromatic heterocycles. The maximum Gasteiger partial charge on any atom is 0.232 e. The highest BCUT2D eigenvalue weighted by Gasteiger charge is 2.19. The van der Waals surface area contributed by atoms with Crippen LogP contribution < -0.4 is 15.8 Å². The number of ether oxygens (including phenoxy) is 1. The molecule has 0 saturated carbocycles. The smallest absolute Gasteiger partial charge is 0.232 e. The van der Waals surface area contributed by atoms with Gasteiger partial charge in [0.05, 0.1) is 18.4 Å². The Balaban J connectivity index is 1.46. The lowest BCUT2D eigenvalue weighted by Crippen LogP contribution is -2.07. The molecule has 9 nitrogen and oxygen atoms in total. The summed E-state index contributed by atoms with van der Waals surface area (Å²) in [5.74, 6) is 2.90. The first-order valence-corrected chi connectivity index (χ1v) is 12.2. The van der Waals surface area contributed by atoms with Gasteiger partial charge in [-0.2, -0.15) is 15.0 Å². The molecule has 2 heterocycles. The Morgan fingerprint density at radius 3 is 2.44 bits per heavy atom. The van der Waals surface area contributed by atoms with Crippen molar-refractivity contribution >= 4 is 29.3 Å². The maximum absolute atomic E-state index is 5.99. The monoisotopic (exact) mass is 496 g/mol. The second-order valence-corrected chi connectivity index (χ2v) is 8.78. The summed E-state index contributed by atoms with van der Waals surface area (Å²) in [6.07, 6.45) is 0. The molecule has 0 atom stereocenters. The number of thioether (sulfide) groups is 1. The summed E-state index contributed by atoms with van der Waals surface area (Å²) in [7, 11) is 1.64. The molecule has 0 spiro atoms. The number of hydrogen-bond donors (Lipinski definition) is 2. The average molecular weight is 497 g/mol. The van der Waals surface area contributed by atoms with E-state index in [4.69, 9.17) is 10.5 Å². The Morgan fingerprint density at radius 2 is 1.64 bits per heavy atom. The fourth-order valence-corrected chi connectivity index (χ4v) is 4.51. The molecule has 0 radical (unpaired) electrons. The van der Waals surface area contributed by atoms with Gasteiger partial charge in [0.1, 0.15) is 11.6 Å². The van der Waals surface area contributed by atoms with Gasteiger partial charge in [-0.1, -0.05) is 60.3 Å². The quantitative estimate of drug-likeness (QED) is 0.284. The number of methoxy groups -OCH3 is 1. The predicted molar refractivity (Wildman–Crippen MR) is 142 cm³/mol. The first kappa shape index (κ1) is 23.3. The number of rotatable bonds is 8. The van der Waals surface area contributed by atoms with Crippen LogP contribution >= 0.6 is 11.8 Å². The number of nitrogen functional groups attached to an aromatic ring is 1. The molecule has 0 unspecified atom stereocenters. The minimum absolute atomic E-state index is 0.149. The van der Waals surface area contributed by atoms with Crippen LogP contribution in [0, 0.1) is 6.92 Å². The number of benzene rings is 3. The molecule has 0 amide bonds. The van der Waals surface area contributed by atoms with E-state index in [2.05, 4.69) is 30.5 Å². The zero-order valence-corrected chi connectivity index (χ0v) is 20.6. The molecule has 5 rings (SSSR count). The van der Waals surface area contributed by atoms with Crippen molar-refractivity contribution in [3.05, 3.63) is 90.3 Å². The Bertz CT molecular complexity index is 1490. The number of nitrogens with two attached hydrogens (primary N) is 1. The number of aromatic nitrogens is 6. The second kappa shape index (κ2) is 10.4. The summed E-state index contributed by atoms with van der Waals surface area (Å²) in [5, 5.41) is 12.9. The molecular weight excluding hydrogens is 472 g/mol. The third-order valence-corrected chi connectivity index (χ3v) is 6.34. The first-order valence-electron chi connectivity index (χ1n) is 11.2. The van der Waals surface area contributed by atoms with Gasteiger partial charge in [0.25, 0.3) is 0 Å². The molecule has 0 aliphatic carbocycles. The van der Waals surface area contributed by atoms with Crippen LogP contribution in [0.4, 0.5) is 17.6 Å². The Morgan fingerprint density at radius 1 is 0.889 bits per heavy atom. The van der Waals surface area contributed by atoms with Crippen LogP contribution in [0.3, 0.4) is 0 Å². The number of nitrogens with one attached hydrogen (secondary N) is 1. The van der Waals surface area contributed by atoms with E-state index in [0.29, 0.717) is 28.5 Å². The molecule has 0 saturated heterocycles. The van der Waals surface area contributed by atoms with Crippen LogP contribution in [0.25, 0.3) is 17.1 Å². The lowest BCUT2D eigenvalue weighted by molar-refractivity contribution is 0.416. The van der Waals surface area contributed by atoms with Gasteiger partial charge >= 0.3 is 0 Å². The largest absolute Gasteiger partial charge is 0.496 e. The van der Waals surface area contributed by atoms with Gasteiger partial charge in [-0.3, -0.25) is 4.57 Å². The van der Waals surface area contributed by atoms with Crippen molar-refractivity contribution in [1.29, 1.82) is 0 Å². The van der Waals surface area contributed by atoms with Crippen LogP contribution in [0.2, 0.25) is 0 Å². The summed E-state index contributed by atoms with van der Waals surface area (Å²) in [6, 6.07) is 25.6. The SMILES string of the molecule is COc1ccccc1-c1nnc(SCc2nc(N)nc(Nc3ccccc3C)n2)n1-c1ccccc1. The summed E-state index contributed by atoms with van der Waals surface area (Å²) >= 11 is 1.46. The first-order chi connectivity index (χ1) is 17.6. The van der Waals surface area contributed by atoms with Gasteiger partial charge in [-0.05, 0) is 42.8 Å². The van der Waals surface area contributed by atoms with Crippen LogP contribution in [-0.2, 0) is 5.75 Å². The molecule has 5 aromatic rings. The minimum Gasteiger partial charge on any atom is -0.496 e.